The van der Waals surface area contributed by atoms with E-state index in [1.165, 1.54) is 0 Å². The van der Waals surface area contributed by atoms with E-state index in [0.717, 1.165) is 70.4 Å². The van der Waals surface area contributed by atoms with Gasteiger partial charge in [-0.25, -0.2) is 0 Å². The average molecular weight is 370 g/mol. The number of rotatable bonds is 6. The summed E-state index contributed by atoms with van der Waals surface area (Å²) < 4.78 is 12.1. The second-order valence-corrected chi connectivity index (χ2v) is 8.06. The maximum atomic E-state index is 12.7. The number of hydrogen-bond acceptors (Lipinski definition) is 4. The lowest BCUT2D eigenvalue weighted by molar-refractivity contribution is -0.141. The first-order valence-corrected chi connectivity index (χ1v) is 10.3. The monoisotopic (exact) mass is 370 g/mol. The minimum absolute atomic E-state index is 0.0370. The zero-order chi connectivity index (χ0) is 18.5. The molecule has 27 heavy (non-hydrogen) atoms. The van der Waals surface area contributed by atoms with Gasteiger partial charge in [-0.1, -0.05) is 12.2 Å². The molecule has 146 valence electrons. The molecule has 2 aliphatic heterocycles. The molecule has 5 heteroatoms. The molecule has 1 atom stereocenters. The van der Waals surface area contributed by atoms with Crippen molar-refractivity contribution < 1.29 is 14.3 Å². The van der Waals surface area contributed by atoms with E-state index in [9.17, 15) is 4.79 Å². The van der Waals surface area contributed by atoms with Gasteiger partial charge in [-0.05, 0) is 62.1 Å². The number of carbonyl (C=O) groups excluding carboxylic acids is 1. The van der Waals surface area contributed by atoms with Crippen LogP contribution in [0.2, 0.25) is 0 Å². The van der Waals surface area contributed by atoms with Crippen LogP contribution in [0.25, 0.3) is 0 Å². The van der Waals surface area contributed by atoms with Crippen LogP contribution in [0.15, 0.2) is 36.7 Å². The van der Waals surface area contributed by atoms with Crippen molar-refractivity contribution in [2.24, 2.45) is 11.8 Å². The number of piperidine rings is 1. The molecule has 2 fully saturated rings. The third-order valence-corrected chi connectivity index (χ3v) is 6.51. The van der Waals surface area contributed by atoms with Crippen molar-refractivity contribution in [3.63, 3.8) is 0 Å². The van der Waals surface area contributed by atoms with E-state index in [4.69, 9.17) is 9.47 Å². The zero-order valence-electron chi connectivity index (χ0n) is 16.0. The lowest BCUT2D eigenvalue weighted by Gasteiger charge is -2.43. The molecule has 4 rings (SSSR count). The highest BCUT2D eigenvalue weighted by molar-refractivity contribution is 5.79. The molecule has 0 unspecified atom stereocenters. The Hall–Kier alpha value is -1.72. The Kier molecular flexibility index (Phi) is 5.89. The summed E-state index contributed by atoms with van der Waals surface area (Å²) in [5.74, 6) is 1.06. The van der Waals surface area contributed by atoms with E-state index in [1.54, 1.807) is 12.4 Å². The number of aromatic nitrogens is 1. The quantitative estimate of drug-likeness (QED) is 0.569. The molecule has 0 saturated carbocycles. The number of ether oxygens (including phenoxy) is 2. The normalized spacial score (nSPS) is 24.7. The molecular weight excluding hydrogens is 340 g/mol. The van der Waals surface area contributed by atoms with Crippen LogP contribution in [-0.4, -0.2) is 47.7 Å². The molecule has 3 heterocycles. The van der Waals surface area contributed by atoms with Crippen molar-refractivity contribution in [2.45, 2.75) is 50.7 Å². The number of allylic oxidation sites excluding steroid dienone is 2. The maximum absolute atomic E-state index is 12.7. The lowest BCUT2D eigenvalue weighted by Crippen LogP contribution is -2.50. The summed E-state index contributed by atoms with van der Waals surface area (Å²) in [4.78, 5) is 18.8. The Bertz CT molecular complexity index is 645. The SMILES string of the molecule is O=C(C1CC=CC1)N1CCC2(CC1)OCC[C@@H]2CCOCc1ccncc1. The summed E-state index contributed by atoms with van der Waals surface area (Å²) in [6.07, 6.45) is 13.8. The van der Waals surface area contributed by atoms with Crippen molar-refractivity contribution in [1.29, 1.82) is 0 Å². The number of amides is 1. The first kappa shape index (κ1) is 18.6. The fraction of sp³-hybridized carbons (Fsp3) is 0.636. The van der Waals surface area contributed by atoms with Crippen LogP contribution in [-0.2, 0) is 20.9 Å². The molecule has 0 N–H and O–H groups in total. The van der Waals surface area contributed by atoms with Gasteiger partial charge in [-0.2, -0.15) is 0 Å². The molecule has 0 bridgehead atoms. The Morgan fingerprint density at radius 3 is 2.70 bits per heavy atom. The molecule has 5 nitrogen and oxygen atoms in total. The van der Waals surface area contributed by atoms with Gasteiger partial charge in [-0.15, -0.1) is 0 Å². The van der Waals surface area contributed by atoms with Gasteiger partial charge in [0.05, 0.1) is 12.2 Å². The summed E-state index contributed by atoms with van der Waals surface area (Å²) in [7, 11) is 0. The Morgan fingerprint density at radius 2 is 1.96 bits per heavy atom. The number of likely N-dealkylation sites (tertiary alicyclic amines) is 1. The molecule has 2 saturated heterocycles. The molecule has 3 aliphatic rings. The highest BCUT2D eigenvalue weighted by atomic mass is 16.5. The third-order valence-electron chi connectivity index (χ3n) is 6.51. The topological polar surface area (TPSA) is 51.7 Å². The van der Waals surface area contributed by atoms with Crippen LogP contribution < -0.4 is 0 Å². The average Bonchev–Trinajstić information content (AvgIpc) is 3.37. The third kappa shape index (κ3) is 4.25. The smallest absolute Gasteiger partial charge is 0.226 e. The van der Waals surface area contributed by atoms with Gasteiger partial charge in [0.25, 0.3) is 0 Å². The van der Waals surface area contributed by atoms with Crippen molar-refractivity contribution in [3.05, 3.63) is 42.2 Å². The summed E-state index contributed by atoms with van der Waals surface area (Å²) in [5.41, 5.74) is 1.13. The van der Waals surface area contributed by atoms with Crippen LogP contribution in [0.4, 0.5) is 0 Å². The molecule has 1 spiro atoms. The fourth-order valence-electron chi connectivity index (χ4n) is 4.82. The minimum atomic E-state index is -0.0370. The van der Waals surface area contributed by atoms with E-state index in [2.05, 4.69) is 22.0 Å². The summed E-state index contributed by atoms with van der Waals surface area (Å²) in [6.45, 7) is 3.91. The van der Waals surface area contributed by atoms with E-state index < -0.39 is 0 Å². The Balaban J connectivity index is 1.24. The van der Waals surface area contributed by atoms with E-state index in [-0.39, 0.29) is 11.5 Å². The Morgan fingerprint density at radius 1 is 1.22 bits per heavy atom. The van der Waals surface area contributed by atoms with Gasteiger partial charge >= 0.3 is 0 Å². The van der Waals surface area contributed by atoms with E-state index in [0.29, 0.717) is 18.4 Å². The second-order valence-electron chi connectivity index (χ2n) is 8.06. The number of hydrogen-bond donors (Lipinski definition) is 0. The highest BCUT2D eigenvalue weighted by Crippen LogP contribution is 2.42. The lowest BCUT2D eigenvalue weighted by atomic mass is 9.78. The molecular formula is C22H30N2O3. The highest BCUT2D eigenvalue weighted by Gasteiger charge is 2.46. The first-order valence-electron chi connectivity index (χ1n) is 10.3. The number of carbonyl (C=O) groups is 1. The van der Waals surface area contributed by atoms with Crippen LogP contribution >= 0.6 is 0 Å². The number of nitrogens with zero attached hydrogens (tertiary/aromatic N) is 2. The molecule has 1 aromatic heterocycles. The molecule has 0 radical (unpaired) electrons. The molecule has 1 amide bonds. The zero-order valence-corrected chi connectivity index (χ0v) is 16.0. The van der Waals surface area contributed by atoms with Crippen LogP contribution in [0.1, 0.15) is 44.1 Å². The van der Waals surface area contributed by atoms with Crippen LogP contribution in [0.3, 0.4) is 0 Å². The van der Waals surface area contributed by atoms with Crippen molar-refractivity contribution in [3.8, 4) is 0 Å². The van der Waals surface area contributed by atoms with E-state index >= 15 is 0 Å². The summed E-state index contributed by atoms with van der Waals surface area (Å²) in [5, 5.41) is 0. The van der Waals surface area contributed by atoms with Crippen molar-refractivity contribution in [2.75, 3.05) is 26.3 Å². The van der Waals surface area contributed by atoms with Gasteiger partial charge in [-0.3, -0.25) is 9.78 Å². The minimum Gasteiger partial charge on any atom is -0.377 e. The largest absolute Gasteiger partial charge is 0.377 e. The molecule has 1 aromatic rings. The van der Waals surface area contributed by atoms with Gasteiger partial charge in [0.1, 0.15) is 0 Å². The first-order chi connectivity index (χ1) is 13.3. The summed E-state index contributed by atoms with van der Waals surface area (Å²) >= 11 is 0. The van der Waals surface area contributed by atoms with Gasteiger partial charge in [0.2, 0.25) is 5.91 Å². The van der Waals surface area contributed by atoms with Crippen LogP contribution in [0, 0.1) is 11.8 Å². The van der Waals surface area contributed by atoms with Gasteiger partial charge < -0.3 is 14.4 Å². The standard InChI is InChI=1S/C22H30N2O3/c25-21(19-3-1-2-4-19)24-13-9-22(10-14-24)20(8-16-27-22)7-15-26-17-18-5-11-23-12-6-18/h1-2,5-6,11-12,19-20H,3-4,7-10,13-17H2/t20-/m0/s1. The van der Waals surface area contributed by atoms with Crippen LogP contribution in [0.5, 0.6) is 0 Å². The van der Waals surface area contributed by atoms with E-state index in [1.807, 2.05) is 12.1 Å². The molecule has 1 aliphatic carbocycles. The second kappa shape index (κ2) is 8.53. The summed E-state index contributed by atoms with van der Waals surface area (Å²) in [6, 6.07) is 3.99. The van der Waals surface area contributed by atoms with Gasteiger partial charge in [0.15, 0.2) is 0 Å². The van der Waals surface area contributed by atoms with Crippen molar-refractivity contribution in [1.82, 2.24) is 9.88 Å². The van der Waals surface area contributed by atoms with Gasteiger partial charge in [0, 0.05) is 44.6 Å². The van der Waals surface area contributed by atoms with Crippen molar-refractivity contribution >= 4 is 5.91 Å². The fourth-order valence-corrected chi connectivity index (χ4v) is 4.82. The Labute approximate surface area is 161 Å². The molecule has 0 aromatic carbocycles. The predicted octanol–water partition coefficient (Wildman–Crippen LogP) is 3.35. The predicted molar refractivity (Wildman–Crippen MR) is 103 cm³/mol. The maximum Gasteiger partial charge on any atom is 0.226 e. The number of pyridine rings is 1.